The minimum absolute atomic E-state index is 0. The number of carbonyl (C=O) groups excluding carboxylic acids is 1. The Morgan fingerprint density at radius 2 is 2.22 bits per heavy atom. The molecule has 1 saturated heterocycles. The first kappa shape index (κ1) is 17.4. The smallest absolute Gasteiger partial charge is 0.251 e. The maximum absolute atomic E-state index is 12.3. The van der Waals surface area contributed by atoms with E-state index in [2.05, 4.69) is 26.7 Å². The zero-order valence-electron chi connectivity index (χ0n) is 13.1. The molecule has 0 saturated carbocycles. The largest absolute Gasteiger partial charge is 0.346 e. The molecule has 1 aromatic carbocycles. The molecule has 5 nitrogen and oxygen atoms in total. The number of halogens is 1. The zero-order chi connectivity index (χ0) is 15.4. The van der Waals surface area contributed by atoms with Gasteiger partial charge in [0.1, 0.15) is 0 Å². The van der Waals surface area contributed by atoms with Crippen molar-refractivity contribution >= 4 is 18.3 Å². The Labute approximate surface area is 142 Å². The van der Waals surface area contributed by atoms with Crippen LogP contribution in [-0.2, 0) is 6.54 Å². The van der Waals surface area contributed by atoms with Crippen molar-refractivity contribution in [3.63, 3.8) is 0 Å². The van der Waals surface area contributed by atoms with Gasteiger partial charge in [-0.05, 0) is 43.5 Å². The molecule has 2 heterocycles. The van der Waals surface area contributed by atoms with Crippen molar-refractivity contribution in [1.29, 1.82) is 0 Å². The average molecular weight is 333 g/mol. The van der Waals surface area contributed by atoms with Crippen LogP contribution in [0.5, 0.6) is 0 Å². The Kier molecular flexibility index (Phi) is 6.07. The monoisotopic (exact) mass is 332 g/mol. The normalized spacial score (nSPS) is 16.7. The number of aromatic nitrogens is 2. The number of hydrogen-bond acceptors (Lipinski definition) is 4. The molecular weight excluding hydrogens is 312 g/mol. The Balaban J connectivity index is 0.00000192. The number of nitrogens with zero attached hydrogens (tertiary/aromatic N) is 2. The molecule has 6 heteroatoms. The lowest BCUT2D eigenvalue weighted by atomic mass is 9.96. The molecule has 0 bridgehead atoms. The number of rotatable bonds is 4. The number of nitrogens with one attached hydrogen (secondary N) is 2. The van der Waals surface area contributed by atoms with E-state index in [4.69, 9.17) is 0 Å². The van der Waals surface area contributed by atoms with Gasteiger partial charge < -0.3 is 10.6 Å². The summed E-state index contributed by atoms with van der Waals surface area (Å²) < 4.78 is 0. The molecule has 0 aliphatic carbocycles. The number of amides is 1. The van der Waals surface area contributed by atoms with E-state index in [1.807, 2.05) is 25.1 Å². The number of hydrogen-bond donors (Lipinski definition) is 2. The summed E-state index contributed by atoms with van der Waals surface area (Å²) >= 11 is 0. The lowest BCUT2D eigenvalue weighted by molar-refractivity contribution is 0.0950. The van der Waals surface area contributed by atoms with Crippen LogP contribution in [0.25, 0.3) is 0 Å². The molecule has 1 unspecified atom stereocenters. The van der Waals surface area contributed by atoms with Crippen LogP contribution in [0.2, 0.25) is 0 Å². The molecule has 1 amide bonds. The standard InChI is InChI=1S/C17H20N4O.ClH/c1-12-8-20-16(10-19-12)11-21-17(22)14-4-2-3-13(7-14)15-5-6-18-9-15;/h2-4,7-8,10,15,18H,5-6,9,11H2,1H3,(H,21,22);1H. The van der Waals surface area contributed by atoms with E-state index in [-0.39, 0.29) is 18.3 Å². The van der Waals surface area contributed by atoms with Crippen LogP contribution in [0.4, 0.5) is 0 Å². The minimum atomic E-state index is -0.0739. The van der Waals surface area contributed by atoms with E-state index < -0.39 is 0 Å². The average Bonchev–Trinajstić information content (AvgIpc) is 3.09. The molecule has 2 N–H and O–H groups in total. The SMILES string of the molecule is Cc1cnc(CNC(=O)c2cccc(C3CCNC3)c2)cn1.Cl. The maximum atomic E-state index is 12.3. The fraction of sp³-hybridized carbons (Fsp3) is 0.353. The number of benzene rings is 1. The third-order valence-corrected chi connectivity index (χ3v) is 3.95. The van der Waals surface area contributed by atoms with Crippen LogP contribution < -0.4 is 10.6 Å². The van der Waals surface area contributed by atoms with Gasteiger partial charge in [-0.2, -0.15) is 0 Å². The quantitative estimate of drug-likeness (QED) is 0.901. The van der Waals surface area contributed by atoms with Gasteiger partial charge in [0.2, 0.25) is 0 Å². The Morgan fingerprint density at radius 3 is 2.91 bits per heavy atom. The van der Waals surface area contributed by atoms with Crippen LogP contribution in [-0.4, -0.2) is 29.0 Å². The summed E-state index contributed by atoms with van der Waals surface area (Å²) in [6.07, 6.45) is 4.52. The molecule has 1 atom stereocenters. The second-order valence-corrected chi connectivity index (χ2v) is 5.65. The number of aryl methyl sites for hydroxylation is 1. The van der Waals surface area contributed by atoms with Gasteiger partial charge in [-0.15, -0.1) is 12.4 Å². The summed E-state index contributed by atoms with van der Waals surface area (Å²) in [7, 11) is 0. The van der Waals surface area contributed by atoms with E-state index in [0.717, 1.165) is 30.9 Å². The van der Waals surface area contributed by atoms with Gasteiger partial charge in [-0.25, -0.2) is 0 Å². The van der Waals surface area contributed by atoms with E-state index in [9.17, 15) is 4.79 Å². The molecule has 2 aromatic rings. The third-order valence-electron chi connectivity index (χ3n) is 3.95. The van der Waals surface area contributed by atoms with Crippen LogP contribution in [0.15, 0.2) is 36.7 Å². The Morgan fingerprint density at radius 1 is 1.35 bits per heavy atom. The van der Waals surface area contributed by atoms with Gasteiger partial charge in [0.25, 0.3) is 5.91 Å². The molecule has 0 radical (unpaired) electrons. The van der Waals surface area contributed by atoms with Crippen molar-refractivity contribution in [3.05, 3.63) is 59.2 Å². The maximum Gasteiger partial charge on any atom is 0.251 e. The van der Waals surface area contributed by atoms with Gasteiger partial charge in [0.15, 0.2) is 0 Å². The molecule has 1 aliphatic rings. The highest BCUT2D eigenvalue weighted by Gasteiger charge is 2.17. The van der Waals surface area contributed by atoms with Crippen molar-refractivity contribution in [2.24, 2.45) is 0 Å². The second-order valence-electron chi connectivity index (χ2n) is 5.65. The van der Waals surface area contributed by atoms with Gasteiger partial charge in [-0.3, -0.25) is 14.8 Å². The first-order valence-electron chi connectivity index (χ1n) is 7.59. The highest BCUT2D eigenvalue weighted by molar-refractivity contribution is 5.94. The van der Waals surface area contributed by atoms with E-state index in [0.29, 0.717) is 18.0 Å². The summed E-state index contributed by atoms with van der Waals surface area (Å²) in [6, 6.07) is 7.89. The summed E-state index contributed by atoms with van der Waals surface area (Å²) in [5.74, 6) is 0.436. The fourth-order valence-corrected chi connectivity index (χ4v) is 2.66. The first-order chi connectivity index (χ1) is 10.7. The first-order valence-corrected chi connectivity index (χ1v) is 7.59. The van der Waals surface area contributed by atoms with E-state index >= 15 is 0 Å². The highest BCUT2D eigenvalue weighted by Crippen LogP contribution is 2.22. The lowest BCUT2D eigenvalue weighted by Gasteiger charge is -2.11. The Hall–Kier alpha value is -1.98. The summed E-state index contributed by atoms with van der Waals surface area (Å²) in [5.41, 5.74) is 3.56. The molecule has 1 fully saturated rings. The van der Waals surface area contributed by atoms with Crippen molar-refractivity contribution in [2.75, 3.05) is 13.1 Å². The van der Waals surface area contributed by atoms with Crippen LogP contribution in [0, 0.1) is 6.92 Å². The van der Waals surface area contributed by atoms with Crippen molar-refractivity contribution in [1.82, 2.24) is 20.6 Å². The fourth-order valence-electron chi connectivity index (χ4n) is 2.66. The third kappa shape index (κ3) is 4.50. The summed E-state index contributed by atoms with van der Waals surface area (Å²) in [4.78, 5) is 20.7. The van der Waals surface area contributed by atoms with E-state index in [1.165, 1.54) is 5.56 Å². The predicted molar refractivity (Wildman–Crippen MR) is 91.9 cm³/mol. The van der Waals surface area contributed by atoms with Crippen molar-refractivity contribution in [2.45, 2.75) is 25.8 Å². The highest BCUT2D eigenvalue weighted by atomic mass is 35.5. The predicted octanol–water partition coefficient (Wildman–Crippen LogP) is 2.21. The van der Waals surface area contributed by atoms with E-state index in [1.54, 1.807) is 12.4 Å². The molecule has 3 rings (SSSR count). The minimum Gasteiger partial charge on any atom is -0.346 e. The molecule has 23 heavy (non-hydrogen) atoms. The zero-order valence-corrected chi connectivity index (χ0v) is 13.9. The topological polar surface area (TPSA) is 66.9 Å². The molecule has 1 aliphatic heterocycles. The summed E-state index contributed by atoms with van der Waals surface area (Å²) in [6.45, 7) is 4.32. The number of carbonyl (C=O) groups is 1. The van der Waals surface area contributed by atoms with Gasteiger partial charge in [0, 0.05) is 18.3 Å². The Bertz CT molecular complexity index is 654. The molecule has 122 valence electrons. The lowest BCUT2D eigenvalue weighted by Crippen LogP contribution is -2.23. The summed E-state index contributed by atoms with van der Waals surface area (Å²) in [5, 5.41) is 6.25. The van der Waals surface area contributed by atoms with Crippen LogP contribution in [0.3, 0.4) is 0 Å². The van der Waals surface area contributed by atoms with Gasteiger partial charge >= 0.3 is 0 Å². The van der Waals surface area contributed by atoms with Crippen LogP contribution >= 0.6 is 12.4 Å². The van der Waals surface area contributed by atoms with Crippen molar-refractivity contribution in [3.8, 4) is 0 Å². The van der Waals surface area contributed by atoms with Crippen LogP contribution in [0.1, 0.15) is 39.6 Å². The molecule has 0 spiro atoms. The van der Waals surface area contributed by atoms with Crippen molar-refractivity contribution < 1.29 is 4.79 Å². The molecule has 1 aromatic heterocycles. The second kappa shape index (κ2) is 8.04. The van der Waals surface area contributed by atoms with Gasteiger partial charge in [0.05, 0.1) is 24.1 Å². The molecular formula is C17H21ClN4O. The van der Waals surface area contributed by atoms with Gasteiger partial charge in [-0.1, -0.05) is 12.1 Å².